The van der Waals surface area contributed by atoms with Crippen LogP contribution in [0.1, 0.15) is 11.3 Å². The lowest BCUT2D eigenvalue weighted by Gasteiger charge is -2.38. The Labute approximate surface area is 162 Å². The summed E-state index contributed by atoms with van der Waals surface area (Å²) in [5.74, 6) is 0.438. The molecule has 3 rings (SSSR count). The van der Waals surface area contributed by atoms with Crippen LogP contribution in [0, 0.1) is 13.8 Å². The second-order valence-electron chi connectivity index (χ2n) is 6.32. The number of halogens is 2. The monoisotopic (exact) mass is 416 g/mol. The molecule has 1 aromatic carbocycles. The van der Waals surface area contributed by atoms with Crippen LogP contribution in [0.2, 0.25) is 10.0 Å². The molecule has 2 heterocycles. The first kappa shape index (κ1) is 19.2. The number of pyridine rings is 1. The summed E-state index contributed by atoms with van der Waals surface area (Å²) >= 11 is 12.0. The summed E-state index contributed by atoms with van der Waals surface area (Å²) in [5.41, 5.74) is 1.23. The Morgan fingerprint density at radius 2 is 1.73 bits per heavy atom. The molecule has 1 aliphatic heterocycles. The minimum Gasteiger partial charge on any atom is -0.487 e. The molecule has 1 aromatic heterocycles. The predicted octanol–water partition coefficient (Wildman–Crippen LogP) is 2.76. The van der Waals surface area contributed by atoms with Crippen molar-refractivity contribution < 1.29 is 13.2 Å². The van der Waals surface area contributed by atoms with Gasteiger partial charge in [0.15, 0.2) is 0 Å². The second-order valence-corrected chi connectivity index (χ2v) is 9.04. The zero-order chi connectivity index (χ0) is 19.2. The Balaban J connectivity index is 1.73. The number of hydrogen-bond donors (Lipinski definition) is 0. The average molecular weight is 417 g/mol. The number of hydrogen-bond acceptors (Lipinski definition) is 4. The van der Waals surface area contributed by atoms with E-state index < -0.39 is 10.0 Å². The van der Waals surface area contributed by atoms with Gasteiger partial charge >= 0.3 is 0 Å². The third-order valence-corrected chi connectivity index (χ3v) is 7.13. The minimum absolute atomic E-state index is 0.0314. The van der Waals surface area contributed by atoms with Gasteiger partial charge in [-0.15, -0.1) is 0 Å². The van der Waals surface area contributed by atoms with Crippen molar-refractivity contribution >= 4 is 33.2 Å². The largest absolute Gasteiger partial charge is 0.487 e. The first-order valence-corrected chi connectivity index (χ1v) is 10.1. The number of aromatic nitrogens is 1. The van der Waals surface area contributed by atoms with Crippen LogP contribution in [-0.4, -0.2) is 36.5 Å². The van der Waals surface area contributed by atoms with Gasteiger partial charge in [0.2, 0.25) is 10.0 Å². The Kier molecular flexibility index (Phi) is 5.09. The van der Waals surface area contributed by atoms with Crippen molar-refractivity contribution in [2.45, 2.75) is 24.8 Å². The van der Waals surface area contributed by atoms with E-state index in [1.54, 1.807) is 27.0 Å². The summed E-state index contributed by atoms with van der Waals surface area (Å²) in [5, 5.41) is 0.506. The van der Waals surface area contributed by atoms with Gasteiger partial charge in [0, 0.05) is 23.8 Å². The molecule has 0 amide bonds. The molecule has 140 valence electrons. The molecule has 0 bridgehead atoms. The lowest BCUT2D eigenvalue weighted by molar-refractivity contribution is 0.0759. The molecule has 2 aromatic rings. The fourth-order valence-electron chi connectivity index (χ4n) is 2.64. The van der Waals surface area contributed by atoms with Crippen molar-refractivity contribution in [3.05, 3.63) is 55.9 Å². The third-order valence-electron chi connectivity index (χ3n) is 4.42. The Bertz CT molecular complexity index is 1030. The zero-order valence-electron chi connectivity index (χ0n) is 14.5. The van der Waals surface area contributed by atoms with Crippen molar-refractivity contribution in [3.8, 4) is 5.75 Å². The van der Waals surface area contributed by atoms with Crippen LogP contribution in [0.5, 0.6) is 5.75 Å². The number of rotatable bonds is 4. The summed E-state index contributed by atoms with van der Waals surface area (Å²) in [6.07, 6.45) is -0.316. The summed E-state index contributed by atoms with van der Waals surface area (Å²) in [6, 6.07) is 6.04. The number of benzene rings is 1. The van der Waals surface area contributed by atoms with E-state index in [9.17, 15) is 13.2 Å². The first-order chi connectivity index (χ1) is 12.1. The van der Waals surface area contributed by atoms with E-state index in [1.807, 2.05) is 0 Å². The van der Waals surface area contributed by atoms with Gasteiger partial charge < -0.3 is 9.30 Å². The molecule has 0 radical (unpaired) electrons. The van der Waals surface area contributed by atoms with Gasteiger partial charge in [0.25, 0.3) is 5.56 Å². The van der Waals surface area contributed by atoms with Crippen molar-refractivity contribution in [1.82, 2.24) is 8.87 Å². The highest BCUT2D eigenvalue weighted by atomic mass is 35.5. The highest BCUT2D eigenvalue weighted by Crippen LogP contribution is 2.32. The number of aryl methyl sites for hydroxylation is 2. The summed E-state index contributed by atoms with van der Waals surface area (Å²) in [7, 11) is -2.05. The molecular weight excluding hydrogens is 399 g/mol. The van der Waals surface area contributed by atoms with E-state index in [0.717, 1.165) is 5.69 Å². The standard InChI is InChI=1S/C17H18Cl2N2O4S/c1-10-4-16(15(19)7-14(10)18)26(23,24)21-8-13(9-21)25-12-5-11(2)20(3)17(22)6-12/h4-7,13H,8-9H2,1-3H3. The molecule has 0 spiro atoms. The molecule has 1 aliphatic rings. The lowest BCUT2D eigenvalue weighted by Crippen LogP contribution is -2.56. The quantitative estimate of drug-likeness (QED) is 0.767. The van der Waals surface area contributed by atoms with Crippen LogP contribution in [0.4, 0.5) is 0 Å². The smallest absolute Gasteiger partial charge is 0.254 e. The van der Waals surface area contributed by atoms with E-state index in [1.165, 1.54) is 27.1 Å². The van der Waals surface area contributed by atoms with E-state index in [-0.39, 0.29) is 34.7 Å². The number of nitrogens with zero attached hydrogens (tertiary/aromatic N) is 2. The number of ether oxygens (including phenoxy) is 1. The van der Waals surface area contributed by atoms with E-state index in [0.29, 0.717) is 16.3 Å². The van der Waals surface area contributed by atoms with Gasteiger partial charge in [0.05, 0.1) is 18.1 Å². The fourth-order valence-corrected chi connectivity index (χ4v) is 4.95. The summed E-state index contributed by atoms with van der Waals surface area (Å²) < 4.78 is 34.0. The van der Waals surface area contributed by atoms with Crippen LogP contribution in [0.3, 0.4) is 0 Å². The number of sulfonamides is 1. The highest BCUT2D eigenvalue weighted by molar-refractivity contribution is 7.89. The van der Waals surface area contributed by atoms with E-state index in [2.05, 4.69) is 0 Å². The van der Waals surface area contributed by atoms with Crippen LogP contribution in [0.15, 0.2) is 34.0 Å². The minimum atomic E-state index is -3.72. The van der Waals surface area contributed by atoms with Gasteiger partial charge in [-0.2, -0.15) is 4.31 Å². The fraction of sp³-hybridized carbons (Fsp3) is 0.353. The highest BCUT2D eigenvalue weighted by Gasteiger charge is 2.39. The van der Waals surface area contributed by atoms with Crippen LogP contribution in [0.25, 0.3) is 0 Å². The van der Waals surface area contributed by atoms with Gasteiger partial charge in [-0.25, -0.2) is 8.42 Å². The van der Waals surface area contributed by atoms with Crippen molar-refractivity contribution in [3.63, 3.8) is 0 Å². The van der Waals surface area contributed by atoms with Crippen molar-refractivity contribution in [2.75, 3.05) is 13.1 Å². The molecule has 0 aliphatic carbocycles. The van der Waals surface area contributed by atoms with Crippen molar-refractivity contribution in [1.29, 1.82) is 0 Å². The van der Waals surface area contributed by atoms with E-state index in [4.69, 9.17) is 27.9 Å². The van der Waals surface area contributed by atoms with Gasteiger partial charge in [-0.05, 0) is 37.6 Å². The third kappa shape index (κ3) is 3.49. The Morgan fingerprint density at radius 3 is 2.35 bits per heavy atom. The molecule has 0 atom stereocenters. The summed E-state index contributed by atoms with van der Waals surface area (Å²) in [6.45, 7) is 3.90. The zero-order valence-corrected chi connectivity index (χ0v) is 16.8. The first-order valence-electron chi connectivity index (χ1n) is 7.89. The molecule has 0 unspecified atom stereocenters. The molecular formula is C17H18Cl2N2O4S. The maximum absolute atomic E-state index is 12.7. The molecule has 6 nitrogen and oxygen atoms in total. The maximum Gasteiger partial charge on any atom is 0.254 e. The molecule has 1 fully saturated rings. The van der Waals surface area contributed by atoms with Crippen molar-refractivity contribution in [2.24, 2.45) is 7.05 Å². The maximum atomic E-state index is 12.7. The van der Waals surface area contributed by atoms with Crippen LogP contribution < -0.4 is 10.3 Å². The topological polar surface area (TPSA) is 68.6 Å². The Morgan fingerprint density at radius 1 is 1.08 bits per heavy atom. The lowest BCUT2D eigenvalue weighted by atomic mass is 10.2. The normalized spacial score (nSPS) is 15.7. The van der Waals surface area contributed by atoms with E-state index >= 15 is 0 Å². The Hall–Kier alpha value is -1.54. The van der Waals surface area contributed by atoms with Gasteiger partial charge in [0.1, 0.15) is 16.7 Å². The molecule has 0 saturated carbocycles. The summed E-state index contributed by atoms with van der Waals surface area (Å²) in [4.78, 5) is 11.8. The van der Waals surface area contributed by atoms with Gasteiger partial charge in [-0.3, -0.25) is 4.79 Å². The van der Waals surface area contributed by atoms with Gasteiger partial charge in [-0.1, -0.05) is 23.2 Å². The average Bonchev–Trinajstić information content (AvgIpc) is 2.51. The molecule has 1 saturated heterocycles. The molecule has 0 N–H and O–H groups in total. The van der Waals surface area contributed by atoms with Crippen LogP contribution >= 0.6 is 23.2 Å². The molecule has 9 heteroatoms. The predicted molar refractivity (Wildman–Crippen MR) is 101 cm³/mol. The molecule has 26 heavy (non-hydrogen) atoms. The SMILES string of the molecule is Cc1cc(S(=O)(=O)N2CC(Oc3cc(C)n(C)c(=O)c3)C2)c(Cl)cc1Cl. The second kappa shape index (κ2) is 6.88. The van der Waals surface area contributed by atoms with Crippen LogP contribution in [-0.2, 0) is 17.1 Å².